The minimum absolute atomic E-state index is 0.0233. The number of carbonyl (C=O) groups excluding carboxylic acids is 1. The summed E-state index contributed by atoms with van der Waals surface area (Å²) in [6, 6.07) is 6.86. The molecule has 30 heavy (non-hydrogen) atoms. The zero-order valence-corrected chi connectivity index (χ0v) is 15.7. The van der Waals surface area contributed by atoms with E-state index in [2.05, 4.69) is 20.5 Å². The number of aryl methyl sites for hydroxylation is 1. The summed E-state index contributed by atoms with van der Waals surface area (Å²) in [4.78, 5) is 16.7. The lowest BCUT2D eigenvalue weighted by Crippen LogP contribution is -2.16. The summed E-state index contributed by atoms with van der Waals surface area (Å²) in [6.07, 6.45) is -3.33. The summed E-state index contributed by atoms with van der Waals surface area (Å²) in [5.41, 5.74) is -0.170. The average Bonchev–Trinajstić information content (AvgIpc) is 3.25. The van der Waals surface area contributed by atoms with Gasteiger partial charge in [-0.3, -0.25) is 9.48 Å². The number of benzene rings is 1. The standard InChI is InChI=1S/C19H14F4N6O/c1-10-15(9-24-28(10)2)26-18(30)14-8-17-25-13(11-3-5-12(20)6-4-11)7-16(19(21,22)23)29(17)27-14/h3-9H,1-2H3,(H,26,30). The van der Waals surface area contributed by atoms with Gasteiger partial charge in [0.05, 0.1) is 23.3 Å². The smallest absolute Gasteiger partial charge is 0.318 e. The fraction of sp³-hybridized carbons (Fsp3) is 0.158. The third-order valence-electron chi connectivity index (χ3n) is 4.57. The Bertz CT molecular complexity index is 1260. The van der Waals surface area contributed by atoms with Crippen molar-refractivity contribution in [3.63, 3.8) is 0 Å². The zero-order chi connectivity index (χ0) is 21.6. The first kappa shape index (κ1) is 19.6. The largest absolute Gasteiger partial charge is 0.433 e. The maximum atomic E-state index is 13.6. The molecule has 0 aliphatic heterocycles. The van der Waals surface area contributed by atoms with Crippen LogP contribution in [0.4, 0.5) is 23.2 Å². The Morgan fingerprint density at radius 1 is 1.13 bits per heavy atom. The summed E-state index contributed by atoms with van der Waals surface area (Å²) in [7, 11) is 1.69. The maximum absolute atomic E-state index is 13.6. The number of nitrogens with zero attached hydrogens (tertiary/aromatic N) is 5. The van der Waals surface area contributed by atoms with Gasteiger partial charge in [-0.1, -0.05) is 0 Å². The Labute approximate surface area is 167 Å². The number of amides is 1. The highest BCUT2D eigenvalue weighted by Gasteiger charge is 2.35. The molecule has 3 heterocycles. The molecule has 154 valence electrons. The van der Waals surface area contributed by atoms with E-state index in [1.165, 1.54) is 23.0 Å². The summed E-state index contributed by atoms with van der Waals surface area (Å²) in [5.74, 6) is -1.22. The third-order valence-corrected chi connectivity index (χ3v) is 4.57. The van der Waals surface area contributed by atoms with Crippen molar-refractivity contribution in [2.45, 2.75) is 13.1 Å². The number of fused-ring (bicyclic) bond motifs is 1. The van der Waals surface area contributed by atoms with Gasteiger partial charge < -0.3 is 5.32 Å². The highest BCUT2D eigenvalue weighted by Crippen LogP contribution is 2.32. The van der Waals surface area contributed by atoms with Crippen LogP contribution in [-0.2, 0) is 13.2 Å². The zero-order valence-electron chi connectivity index (χ0n) is 15.7. The first-order valence-corrected chi connectivity index (χ1v) is 8.67. The first-order chi connectivity index (χ1) is 14.1. The molecule has 0 fully saturated rings. The molecule has 4 aromatic rings. The lowest BCUT2D eigenvalue weighted by molar-refractivity contribution is -0.142. The highest BCUT2D eigenvalue weighted by atomic mass is 19.4. The van der Waals surface area contributed by atoms with Gasteiger partial charge >= 0.3 is 6.18 Å². The van der Waals surface area contributed by atoms with E-state index < -0.39 is 23.6 Å². The SMILES string of the molecule is Cc1c(NC(=O)c2cc3nc(-c4ccc(F)cc4)cc(C(F)(F)F)n3n2)cnn1C. The lowest BCUT2D eigenvalue weighted by Gasteiger charge is -2.11. The maximum Gasteiger partial charge on any atom is 0.433 e. The molecule has 0 saturated carbocycles. The van der Waals surface area contributed by atoms with Crippen LogP contribution in [0.5, 0.6) is 0 Å². The van der Waals surface area contributed by atoms with Crippen molar-refractivity contribution in [3.8, 4) is 11.3 Å². The van der Waals surface area contributed by atoms with Crippen LogP contribution >= 0.6 is 0 Å². The number of aromatic nitrogens is 5. The van der Waals surface area contributed by atoms with E-state index in [1.807, 2.05) is 0 Å². The number of anilines is 1. The molecule has 7 nitrogen and oxygen atoms in total. The van der Waals surface area contributed by atoms with Crippen LogP contribution in [0.15, 0.2) is 42.6 Å². The summed E-state index contributed by atoms with van der Waals surface area (Å²) >= 11 is 0. The van der Waals surface area contributed by atoms with Gasteiger partial charge in [-0.2, -0.15) is 23.4 Å². The molecule has 0 unspecified atom stereocenters. The Hall–Kier alpha value is -3.76. The fourth-order valence-corrected chi connectivity index (χ4v) is 2.86. The van der Waals surface area contributed by atoms with Gasteiger partial charge in [0.25, 0.3) is 5.91 Å². The molecule has 0 aliphatic carbocycles. The van der Waals surface area contributed by atoms with E-state index >= 15 is 0 Å². The minimum Gasteiger partial charge on any atom is -0.318 e. The van der Waals surface area contributed by atoms with Crippen molar-refractivity contribution in [2.24, 2.45) is 7.05 Å². The van der Waals surface area contributed by atoms with Crippen molar-refractivity contribution in [1.29, 1.82) is 0 Å². The van der Waals surface area contributed by atoms with E-state index in [0.29, 0.717) is 21.5 Å². The summed E-state index contributed by atoms with van der Waals surface area (Å²) in [6.45, 7) is 1.73. The van der Waals surface area contributed by atoms with Gasteiger partial charge in [0.1, 0.15) is 5.82 Å². The Kier molecular flexibility index (Phi) is 4.52. The molecule has 1 aromatic carbocycles. The lowest BCUT2D eigenvalue weighted by atomic mass is 10.1. The second-order valence-corrected chi connectivity index (χ2v) is 6.55. The van der Waals surface area contributed by atoms with Crippen LogP contribution in [0.3, 0.4) is 0 Å². The van der Waals surface area contributed by atoms with E-state index in [-0.39, 0.29) is 17.0 Å². The molecule has 0 atom stereocenters. The highest BCUT2D eigenvalue weighted by molar-refractivity contribution is 6.03. The number of nitrogens with one attached hydrogen (secondary N) is 1. The van der Waals surface area contributed by atoms with Crippen LogP contribution in [0.1, 0.15) is 21.9 Å². The van der Waals surface area contributed by atoms with E-state index in [9.17, 15) is 22.4 Å². The molecular formula is C19H14F4N6O. The quantitative estimate of drug-likeness (QED) is 0.513. The Morgan fingerprint density at radius 2 is 1.83 bits per heavy atom. The van der Waals surface area contributed by atoms with Gasteiger partial charge in [-0.25, -0.2) is 13.9 Å². The van der Waals surface area contributed by atoms with Crippen LogP contribution in [0.2, 0.25) is 0 Å². The Morgan fingerprint density at radius 3 is 2.43 bits per heavy atom. The molecule has 3 aromatic heterocycles. The molecule has 0 aliphatic rings. The van der Waals surface area contributed by atoms with Gasteiger partial charge in [0.15, 0.2) is 17.0 Å². The van der Waals surface area contributed by atoms with Crippen molar-refractivity contribution < 1.29 is 22.4 Å². The third kappa shape index (κ3) is 3.49. The van der Waals surface area contributed by atoms with Gasteiger partial charge in [0, 0.05) is 18.7 Å². The molecule has 4 rings (SSSR count). The summed E-state index contributed by atoms with van der Waals surface area (Å²) in [5, 5.41) is 10.4. The number of halogens is 4. The number of alkyl halides is 3. The predicted molar refractivity (Wildman–Crippen MR) is 99.3 cm³/mol. The second kappa shape index (κ2) is 6.94. The number of hydrogen-bond donors (Lipinski definition) is 1. The number of carbonyl (C=O) groups is 1. The normalized spacial score (nSPS) is 11.8. The van der Waals surface area contributed by atoms with Gasteiger partial charge in [-0.05, 0) is 37.3 Å². The summed E-state index contributed by atoms with van der Waals surface area (Å²) < 4.78 is 56.2. The molecular weight excluding hydrogens is 404 g/mol. The first-order valence-electron chi connectivity index (χ1n) is 8.67. The monoisotopic (exact) mass is 418 g/mol. The van der Waals surface area contributed by atoms with E-state index in [4.69, 9.17) is 0 Å². The molecule has 1 amide bonds. The van der Waals surface area contributed by atoms with Crippen molar-refractivity contribution in [1.82, 2.24) is 24.4 Å². The Balaban J connectivity index is 1.79. The second-order valence-electron chi connectivity index (χ2n) is 6.55. The molecule has 0 bridgehead atoms. The van der Waals surface area contributed by atoms with Crippen molar-refractivity contribution in [3.05, 3.63) is 65.5 Å². The number of hydrogen-bond acceptors (Lipinski definition) is 4. The van der Waals surface area contributed by atoms with E-state index in [0.717, 1.165) is 24.3 Å². The predicted octanol–water partition coefficient (Wildman–Crippen LogP) is 3.85. The van der Waals surface area contributed by atoms with Crippen molar-refractivity contribution >= 4 is 17.2 Å². The topological polar surface area (TPSA) is 77.1 Å². The van der Waals surface area contributed by atoms with Gasteiger partial charge in [-0.15, -0.1) is 0 Å². The van der Waals surface area contributed by atoms with E-state index in [1.54, 1.807) is 14.0 Å². The van der Waals surface area contributed by atoms with Crippen LogP contribution in [0.25, 0.3) is 16.9 Å². The van der Waals surface area contributed by atoms with Crippen LogP contribution in [-0.4, -0.2) is 30.3 Å². The molecule has 0 radical (unpaired) electrons. The van der Waals surface area contributed by atoms with Crippen LogP contribution in [0, 0.1) is 12.7 Å². The number of rotatable bonds is 3. The molecule has 11 heteroatoms. The molecule has 0 saturated heterocycles. The average molecular weight is 418 g/mol. The van der Waals surface area contributed by atoms with Crippen molar-refractivity contribution in [2.75, 3.05) is 5.32 Å². The van der Waals surface area contributed by atoms with Crippen LogP contribution < -0.4 is 5.32 Å². The minimum atomic E-state index is -4.75. The molecule has 1 N–H and O–H groups in total. The molecule has 0 spiro atoms. The fourth-order valence-electron chi connectivity index (χ4n) is 2.86. The van der Waals surface area contributed by atoms with Gasteiger partial charge in [0.2, 0.25) is 0 Å².